The first-order chi connectivity index (χ1) is 8.26. The van der Waals surface area contributed by atoms with E-state index in [2.05, 4.69) is 9.97 Å². The van der Waals surface area contributed by atoms with Crippen molar-refractivity contribution in [2.75, 3.05) is 5.73 Å². The molecule has 2 N–H and O–H groups in total. The number of hydrogen-bond acceptors (Lipinski definition) is 5. The third-order valence-electron chi connectivity index (χ3n) is 2.31. The second-order valence-corrected chi connectivity index (χ2v) is 5.32. The van der Waals surface area contributed by atoms with Crippen molar-refractivity contribution in [2.24, 2.45) is 0 Å². The van der Waals surface area contributed by atoms with E-state index in [1.807, 2.05) is 27.7 Å². The lowest BCUT2D eigenvalue weighted by Crippen LogP contribution is -2.28. The lowest BCUT2D eigenvalue weighted by atomic mass is 9.98. The molecule has 0 aliphatic heterocycles. The summed E-state index contributed by atoms with van der Waals surface area (Å²) in [5.41, 5.74) is 5.64. The van der Waals surface area contributed by atoms with E-state index in [1.165, 1.54) is 6.33 Å². The van der Waals surface area contributed by atoms with Crippen molar-refractivity contribution in [3.8, 4) is 0 Å². The summed E-state index contributed by atoms with van der Waals surface area (Å²) in [6.07, 6.45) is 1.79. The highest BCUT2D eigenvalue weighted by atomic mass is 35.5. The molecule has 6 heteroatoms. The van der Waals surface area contributed by atoms with Crippen LogP contribution in [0.25, 0.3) is 0 Å². The molecule has 1 aromatic rings. The number of ether oxygens (including phenoxy) is 1. The summed E-state index contributed by atoms with van der Waals surface area (Å²) in [6, 6.07) is 0. The summed E-state index contributed by atoms with van der Waals surface area (Å²) in [5, 5.41) is 0.195. The van der Waals surface area contributed by atoms with Crippen LogP contribution < -0.4 is 5.73 Å². The smallest absolute Gasteiger partial charge is 0.314 e. The standard InChI is InChI=1S/C12H18ClN3O2/c1-5-7(11(17)18-12(2,3)4)8-9(13)15-6-16-10(8)14/h6-7H,5H2,1-4H3,(H2,14,15,16). The predicted molar refractivity (Wildman–Crippen MR) is 70.3 cm³/mol. The van der Waals surface area contributed by atoms with Gasteiger partial charge in [0, 0.05) is 5.56 Å². The number of nitrogen functional groups attached to an aromatic ring is 1. The summed E-state index contributed by atoms with van der Waals surface area (Å²) in [6.45, 7) is 7.29. The first-order valence-corrected chi connectivity index (χ1v) is 6.12. The second-order valence-electron chi connectivity index (χ2n) is 4.96. The summed E-state index contributed by atoms with van der Waals surface area (Å²) < 4.78 is 5.35. The molecular weight excluding hydrogens is 254 g/mol. The molecule has 1 unspecified atom stereocenters. The van der Waals surface area contributed by atoms with Crippen LogP contribution in [0.5, 0.6) is 0 Å². The predicted octanol–water partition coefficient (Wildman–Crippen LogP) is 2.55. The molecule has 0 spiro atoms. The molecule has 18 heavy (non-hydrogen) atoms. The van der Waals surface area contributed by atoms with Gasteiger partial charge in [-0.15, -0.1) is 0 Å². The molecule has 0 aromatic carbocycles. The van der Waals surface area contributed by atoms with E-state index < -0.39 is 11.5 Å². The Morgan fingerprint density at radius 2 is 2.11 bits per heavy atom. The van der Waals surface area contributed by atoms with E-state index >= 15 is 0 Å². The molecular formula is C12H18ClN3O2. The number of hydrogen-bond donors (Lipinski definition) is 1. The molecule has 0 saturated heterocycles. The number of rotatable bonds is 3. The van der Waals surface area contributed by atoms with Gasteiger partial charge in [-0.3, -0.25) is 4.79 Å². The number of halogens is 1. The van der Waals surface area contributed by atoms with Gasteiger partial charge in [0.05, 0.1) is 5.92 Å². The maximum atomic E-state index is 12.1. The molecule has 1 atom stereocenters. The molecule has 0 bridgehead atoms. The van der Waals surface area contributed by atoms with Crippen molar-refractivity contribution in [3.05, 3.63) is 17.0 Å². The van der Waals surface area contributed by atoms with E-state index in [9.17, 15) is 4.79 Å². The van der Waals surface area contributed by atoms with E-state index in [4.69, 9.17) is 22.1 Å². The number of nitrogens with two attached hydrogens (primary N) is 1. The largest absolute Gasteiger partial charge is 0.459 e. The van der Waals surface area contributed by atoms with Gasteiger partial charge < -0.3 is 10.5 Å². The average molecular weight is 272 g/mol. The molecule has 1 rings (SSSR count). The second kappa shape index (κ2) is 5.52. The van der Waals surface area contributed by atoms with Crippen LogP contribution >= 0.6 is 11.6 Å². The van der Waals surface area contributed by atoms with Gasteiger partial charge in [0.15, 0.2) is 0 Å². The van der Waals surface area contributed by atoms with Gasteiger partial charge in [0.25, 0.3) is 0 Å². The average Bonchev–Trinajstić information content (AvgIpc) is 2.20. The maximum absolute atomic E-state index is 12.1. The van der Waals surface area contributed by atoms with E-state index in [0.717, 1.165) is 0 Å². The Morgan fingerprint density at radius 3 is 2.56 bits per heavy atom. The minimum Gasteiger partial charge on any atom is -0.459 e. The third-order valence-corrected chi connectivity index (χ3v) is 2.62. The van der Waals surface area contributed by atoms with Crippen molar-refractivity contribution >= 4 is 23.4 Å². The quantitative estimate of drug-likeness (QED) is 0.675. The lowest BCUT2D eigenvalue weighted by Gasteiger charge is -2.24. The van der Waals surface area contributed by atoms with Crippen LogP contribution in [0, 0.1) is 0 Å². The zero-order valence-electron chi connectivity index (χ0n) is 11.0. The summed E-state index contributed by atoms with van der Waals surface area (Å²) in [5.74, 6) is -0.695. The molecule has 5 nitrogen and oxygen atoms in total. The Morgan fingerprint density at radius 1 is 1.50 bits per heavy atom. The fourth-order valence-electron chi connectivity index (χ4n) is 1.57. The Kier molecular flexibility index (Phi) is 4.51. The van der Waals surface area contributed by atoms with Crippen LogP contribution in [0.4, 0.5) is 5.82 Å². The molecule has 0 radical (unpaired) electrons. The van der Waals surface area contributed by atoms with Gasteiger partial charge in [0.2, 0.25) is 0 Å². The molecule has 0 saturated carbocycles. The van der Waals surface area contributed by atoms with E-state index in [-0.39, 0.29) is 16.9 Å². The van der Waals surface area contributed by atoms with Crippen LogP contribution in [0.2, 0.25) is 5.15 Å². The van der Waals surface area contributed by atoms with Gasteiger partial charge in [-0.1, -0.05) is 18.5 Å². The highest BCUT2D eigenvalue weighted by molar-refractivity contribution is 6.30. The van der Waals surface area contributed by atoms with Gasteiger partial charge in [0.1, 0.15) is 22.9 Å². The molecule has 0 aliphatic carbocycles. The Bertz CT molecular complexity index is 423. The van der Waals surface area contributed by atoms with Gasteiger partial charge >= 0.3 is 5.97 Å². The van der Waals surface area contributed by atoms with E-state index in [1.54, 1.807) is 0 Å². The maximum Gasteiger partial charge on any atom is 0.314 e. The van der Waals surface area contributed by atoms with Crippen molar-refractivity contribution in [1.82, 2.24) is 9.97 Å². The van der Waals surface area contributed by atoms with Crippen molar-refractivity contribution < 1.29 is 9.53 Å². The summed E-state index contributed by atoms with van der Waals surface area (Å²) in [4.78, 5) is 19.8. The molecule has 100 valence electrons. The molecule has 0 aliphatic rings. The van der Waals surface area contributed by atoms with Crippen LogP contribution in [0.1, 0.15) is 45.6 Å². The lowest BCUT2D eigenvalue weighted by molar-refractivity contribution is -0.156. The normalized spacial score (nSPS) is 13.2. The van der Waals surface area contributed by atoms with Crippen molar-refractivity contribution in [2.45, 2.75) is 45.6 Å². The van der Waals surface area contributed by atoms with Crippen LogP contribution in [0.3, 0.4) is 0 Å². The highest BCUT2D eigenvalue weighted by Gasteiger charge is 2.29. The fourth-order valence-corrected chi connectivity index (χ4v) is 1.84. The van der Waals surface area contributed by atoms with Crippen LogP contribution in [0.15, 0.2) is 6.33 Å². The number of esters is 1. The Balaban J connectivity index is 3.07. The zero-order chi connectivity index (χ0) is 13.9. The Hall–Kier alpha value is -1.36. The topological polar surface area (TPSA) is 78.1 Å². The number of carbonyl (C=O) groups excluding carboxylic acids is 1. The minimum atomic E-state index is -0.554. The monoisotopic (exact) mass is 271 g/mol. The number of aromatic nitrogens is 2. The SMILES string of the molecule is CCC(C(=O)OC(C)(C)C)c1c(N)ncnc1Cl. The Labute approximate surface area is 112 Å². The zero-order valence-corrected chi connectivity index (χ0v) is 11.8. The number of anilines is 1. The first-order valence-electron chi connectivity index (χ1n) is 5.75. The van der Waals surface area contributed by atoms with Crippen molar-refractivity contribution in [1.29, 1.82) is 0 Å². The highest BCUT2D eigenvalue weighted by Crippen LogP contribution is 2.31. The molecule has 1 heterocycles. The van der Waals surface area contributed by atoms with Gasteiger partial charge in [-0.05, 0) is 27.2 Å². The van der Waals surface area contributed by atoms with Crippen LogP contribution in [-0.4, -0.2) is 21.5 Å². The number of nitrogens with zero attached hydrogens (tertiary/aromatic N) is 2. The molecule has 1 aromatic heterocycles. The van der Waals surface area contributed by atoms with E-state index in [0.29, 0.717) is 12.0 Å². The van der Waals surface area contributed by atoms with Crippen molar-refractivity contribution in [3.63, 3.8) is 0 Å². The molecule has 0 amide bonds. The summed E-state index contributed by atoms with van der Waals surface area (Å²) in [7, 11) is 0. The molecule has 0 fully saturated rings. The van der Waals surface area contributed by atoms with Gasteiger partial charge in [-0.2, -0.15) is 0 Å². The summed E-state index contributed by atoms with van der Waals surface area (Å²) >= 11 is 5.98. The first kappa shape index (κ1) is 14.7. The van der Waals surface area contributed by atoms with Crippen LogP contribution in [-0.2, 0) is 9.53 Å². The van der Waals surface area contributed by atoms with Gasteiger partial charge in [-0.25, -0.2) is 9.97 Å². The fraction of sp³-hybridized carbons (Fsp3) is 0.583. The number of carbonyl (C=O) groups is 1. The third kappa shape index (κ3) is 3.57. The minimum absolute atomic E-state index is 0.195.